The van der Waals surface area contributed by atoms with Crippen molar-refractivity contribution in [1.82, 2.24) is 10.2 Å². The fraction of sp³-hybridized carbons (Fsp3) is 0.571. The van der Waals surface area contributed by atoms with E-state index in [-0.39, 0.29) is 12.3 Å². The maximum Gasteiger partial charge on any atom is 0.305 e. The van der Waals surface area contributed by atoms with Crippen LogP contribution in [0.15, 0.2) is 0 Å². The fourth-order valence-corrected chi connectivity index (χ4v) is 1.55. The molecule has 0 aromatic heterocycles. The van der Waals surface area contributed by atoms with Crippen LogP contribution in [0.1, 0.15) is 13.3 Å². The van der Waals surface area contributed by atoms with E-state index in [0.717, 1.165) is 0 Å². The van der Waals surface area contributed by atoms with Crippen LogP contribution in [0.25, 0.3) is 0 Å². The number of aliphatic carboxylic acids is 1. The smallest absolute Gasteiger partial charge is 0.305 e. The van der Waals surface area contributed by atoms with E-state index >= 15 is 0 Å². The van der Waals surface area contributed by atoms with Gasteiger partial charge >= 0.3 is 5.97 Å². The van der Waals surface area contributed by atoms with Gasteiger partial charge in [0.15, 0.2) is 5.11 Å². The van der Waals surface area contributed by atoms with Crippen LogP contribution in [-0.4, -0.2) is 39.6 Å². The number of hydrogen-bond donors (Lipinski definition) is 2. The lowest BCUT2D eigenvalue weighted by molar-refractivity contribution is -0.140. The zero-order valence-corrected chi connectivity index (χ0v) is 7.93. The number of nitrogens with one attached hydrogen (secondary N) is 1. The number of carbonyl (C=O) groups is 2. The number of carboxylic acids is 1. The number of hydrogen-bond acceptors (Lipinski definition) is 3. The van der Waals surface area contributed by atoms with Crippen molar-refractivity contribution in [2.75, 3.05) is 6.54 Å². The summed E-state index contributed by atoms with van der Waals surface area (Å²) in [5.74, 6) is -1.26. The Morgan fingerprint density at radius 2 is 2.38 bits per heavy atom. The van der Waals surface area contributed by atoms with Crippen molar-refractivity contribution in [3.8, 4) is 0 Å². The molecular formula is C7H10N2O3S. The molecule has 0 radical (unpaired) electrons. The normalized spacial score (nSPS) is 21.9. The van der Waals surface area contributed by atoms with Crippen LogP contribution < -0.4 is 5.32 Å². The zero-order valence-electron chi connectivity index (χ0n) is 7.11. The monoisotopic (exact) mass is 202 g/mol. The number of rotatable bonds is 3. The second-order valence-electron chi connectivity index (χ2n) is 2.68. The second-order valence-corrected chi connectivity index (χ2v) is 3.07. The van der Waals surface area contributed by atoms with Crippen molar-refractivity contribution in [2.24, 2.45) is 0 Å². The Kier molecular flexibility index (Phi) is 2.82. The lowest BCUT2D eigenvalue weighted by Gasteiger charge is -2.10. The first-order chi connectivity index (χ1) is 6.06. The van der Waals surface area contributed by atoms with Crippen molar-refractivity contribution in [1.29, 1.82) is 0 Å². The highest BCUT2D eigenvalue weighted by Crippen LogP contribution is 2.08. The molecule has 1 atom stereocenters. The molecule has 1 fully saturated rings. The molecule has 0 aromatic rings. The van der Waals surface area contributed by atoms with Gasteiger partial charge in [0.1, 0.15) is 6.04 Å². The standard InChI is InChI=1S/C7H10N2O3S/c1-2-9-6(12)4(3-5(10)11)8-7(9)13/h4H,2-3H2,1H3,(H,8,13)(H,10,11)/t4-/m1/s1. The minimum atomic E-state index is -1.01. The Morgan fingerprint density at radius 3 is 2.77 bits per heavy atom. The molecule has 1 rings (SSSR count). The van der Waals surface area contributed by atoms with Crippen molar-refractivity contribution < 1.29 is 14.7 Å². The first-order valence-corrected chi connectivity index (χ1v) is 4.30. The molecule has 6 heteroatoms. The van der Waals surface area contributed by atoms with E-state index in [2.05, 4.69) is 5.32 Å². The molecule has 2 N–H and O–H groups in total. The summed E-state index contributed by atoms with van der Waals surface area (Å²) in [4.78, 5) is 23.1. The van der Waals surface area contributed by atoms with Gasteiger partial charge in [-0.1, -0.05) is 0 Å². The van der Waals surface area contributed by atoms with Crippen molar-refractivity contribution in [3.63, 3.8) is 0 Å². The average Bonchev–Trinajstić information content (AvgIpc) is 2.26. The first kappa shape index (κ1) is 9.91. The molecule has 1 aliphatic rings. The van der Waals surface area contributed by atoms with Gasteiger partial charge in [-0.3, -0.25) is 14.5 Å². The Morgan fingerprint density at radius 1 is 1.77 bits per heavy atom. The van der Waals surface area contributed by atoms with Gasteiger partial charge in [-0.25, -0.2) is 0 Å². The zero-order chi connectivity index (χ0) is 10.0. The number of carboxylic acid groups (broad SMARTS) is 1. The molecule has 0 unspecified atom stereocenters. The Hall–Kier alpha value is -1.17. The largest absolute Gasteiger partial charge is 0.481 e. The van der Waals surface area contributed by atoms with E-state index in [1.54, 1.807) is 6.92 Å². The average molecular weight is 202 g/mol. The molecule has 5 nitrogen and oxygen atoms in total. The van der Waals surface area contributed by atoms with E-state index < -0.39 is 12.0 Å². The third-order valence-electron chi connectivity index (χ3n) is 1.80. The maximum absolute atomic E-state index is 11.4. The predicted molar refractivity (Wildman–Crippen MR) is 49.2 cm³/mol. The summed E-state index contributed by atoms with van der Waals surface area (Å²) < 4.78 is 0. The highest BCUT2D eigenvalue weighted by Gasteiger charge is 2.35. The topological polar surface area (TPSA) is 69.6 Å². The third-order valence-corrected chi connectivity index (χ3v) is 2.14. The Bertz CT molecular complexity index is 266. The van der Waals surface area contributed by atoms with Gasteiger partial charge in [-0.05, 0) is 19.1 Å². The van der Waals surface area contributed by atoms with Crippen LogP contribution >= 0.6 is 12.2 Å². The number of amides is 1. The molecule has 13 heavy (non-hydrogen) atoms. The number of likely N-dealkylation sites (N-methyl/N-ethyl adjacent to an activating group) is 1. The molecule has 72 valence electrons. The molecule has 0 spiro atoms. The highest BCUT2D eigenvalue weighted by molar-refractivity contribution is 7.80. The summed E-state index contributed by atoms with van der Waals surface area (Å²) in [6.07, 6.45) is -0.227. The van der Waals surface area contributed by atoms with Gasteiger partial charge in [-0.2, -0.15) is 0 Å². The molecule has 0 bridgehead atoms. The molecular weight excluding hydrogens is 192 g/mol. The summed E-state index contributed by atoms with van der Waals surface area (Å²) in [7, 11) is 0. The van der Waals surface area contributed by atoms with E-state index in [4.69, 9.17) is 17.3 Å². The van der Waals surface area contributed by atoms with Crippen molar-refractivity contribution >= 4 is 29.2 Å². The molecule has 1 amide bonds. The van der Waals surface area contributed by atoms with Crippen molar-refractivity contribution in [3.05, 3.63) is 0 Å². The fourth-order valence-electron chi connectivity index (χ4n) is 1.19. The maximum atomic E-state index is 11.4. The summed E-state index contributed by atoms with van der Waals surface area (Å²) in [5.41, 5.74) is 0. The lowest BCUT2D eigenvalue weighted by Crippen LogP contribution is -2.32. The van der Waals surface area contributed by atoms with Crippen LogP contribution in [0.2, 0.25) is 0 Å². The van der Waals surface area contributed by atoms with Gasteiger partial charge in [0, 0.05) is 6.54 Å². The third kappa shape index (κ3) is 1.95. The molecule has 1 aliphatic heterocycles. The van der Waals surface area contributed by atoms with Gasteiger partial charge in [0.25, 0.3) is 5.91 Å². The van der Waals surface area contributed by atoms with Gasteiger partial charge in [-0.15, -0.1) is 0 Å². The SMILES string of the molecule is CCN1C(=O)[C@@H](CC(=O)O)NC1=S. The van der Waals surface area contributed by atoms with E-state index in [1.165, 1.54) is 4.90 Å². The predicted octanol–water partition coefficient (Wildman–Crippen LogP) is -0.434. The minimum Gasteiger partial charge on any atom is -0.481 e. The van der Waals surface area contributed by atoms with Crippen LogP contribution in [-0.2, 0) is 9.59 Å². The van der Waals surface area contributed by atoms with Gasteiger partial charge in [0.05, 0.1) is 6.42 Å². The van der Waals surface area contributed by atoms with Crippen LogP contribution in [0.5, 0.6) is 0 Å². The van der Waals surface area contributed by atoms with Crippen molar-refractivity contribution in [2.45, 2.75) is 19.4 Å². The first-order valence-electron chi connectivity index (χ1n) is 3.90. The van der Waals surface area contributed by atoms with Crippen LogP contribution in [0.4, 0.5) is 0 Å². The number of nitrogens with zero attached hydrogens (tertiary/aromatic N) is 1. The number of thiocarbonyl (C=S) groups is 1. The van der Waals surface area contributed by atoms with Gasteiger partial charge in [0.2, 0.25) is 0 Å². The summed E-state index contributed by atoms with van der Waals surface area (Å²) in [5, 5.41) is 11.5. The summed E-state index contributed by atoms with van der Waals surface area (Å²) >= 11 is 4.85. The molecule has 0 aliphatic carbocycles. The van der Waals surface area contributed by atoms with Crippen LogP contribution in [0, 0.1) is 0 Å². The van der Waals surface area contributed by atoms with E-state index in [1.807, 2.05) is 0 Å². The Labute approximate surface area is 80.7 Å². The Balaban J connectivity index is 2.67. The minimum absolute atomic E-state index is 0.227. The molecule has 1 heterocycles. The number of carbonyl (C=O) groups excluding carboxylic acids is 1. The molecule has 0 aromatic carbocycles. The highest BCUT2D eigenvalue weighted by atomic mass is 32.1. The summed E-state index contributed by atoms with van der Waals surface area (Å²) in [6, 6.07) is -0.690. The lowest BCUT2D eigenvalue weighted by atomic mass is 10.2. The molecule has 0 saturated carbocycles. The summed E-state index contributed by atoms with van der Waals surface area (Å²) in [6.45, 7) is 2.26. The van der Waals surface area contributed by atoms with Gasteiger partial charge < -0.3 is 10.4 Å². The molecule has 1 saturated heterocycles. The second kappa shape index (κ2) is 3.69. The van der Waals surface area contributed by atoms with E-state index in [9.17, 15) is 9.59 Å². The van der Waals surface area contributed by atoms with E-state index in [0.29, 0.717) is 11.7 Å². The van der Waals surface area contributed by atoms with Crippen LogP contribution in [0.3, 0.4) is 0 Å². The quantitative estimate of drug-likeness (QED) is 0.607.